The average Bonchev–Trinajstić information content (AvgIpc) is 3.17. The molecule has 0 bridgehead atoms. The highest BCUT2D eigenvalue weighted by Crippen LogP contribution is 2.36. The fourth-order valence-corrected chi connectivity index (χ4v) is 4.92. The number of hydrazone groups is 2. The molecule has 0 saturated heterocycles. The predicted molar refractivity (Wildman–Crippen MR) is 210 cm³/mol. The Morgan fingerprint density at radius 3 is 1.28 bits per heavy atom. The lowest BCUT2D eigenvalue weighted by molar-refractivity contribution is -0.116. The van der Waals surface area contributed by atoms with Gasteiger partial charge in [0.05, 0.1) is 50.2 Å². The number of benzene rings is 4. The second-order valence-electron chi connectivity index (χ2n) is 11.7. The molecule has 0 aliphatic carbocycles. The minimum absolute atomic E-state index is 0.347. The van der Waals surface area contributed by atoms with Crippen molar-refractivity contribution in [2.45, 2.75) is 40.5 Å². The third-order valence-corrected chi connectivity index (χ3v) is 7.60. The summed E-state index contributed by atoms with van der Waals surface area (Å²) >= 11 is 0. The number of nitrogens with one attached hydrogen (secondary N) is 4. The van der Waals surface area contributed by atoms with E-state index < -0.39 is 23.4 Å². The van der Waals surface area contributed by atoms with Gasteiger partial charge in [-0.3, -0.25) is 30.0 Å². The van der Waals surface area contributed by atoms with Crippen LogP contribution in [0.1, 0.15) is 40.5 Å². The number of rotatable bonds is 19. The molecule has 0 aromatic heterocycles. The highest BCUT2D eigenvalue weighted by Gasteiger charge is 2.21. The Balaban J connectivity index is 1.61. The monoisotopic (exact) mass is 736 g/mol. The molecular formula is C40H44N6O8. The van der Waals surface area contributed by atoms with Crippen LogP contribution in [0.4, 0.5) is 22.7 Å². The molecule has 54 heavy (non-hydrogen) atoms. The zero-order chi connectivity index (χ0) is 39.0. The van der Waals surface area contributed by atoms with E-state index in [4.69, 9.17) is 18.9 Å². The van der Waals surface area contributed by atoms with E-state index in [2.05, 4.69) is 31.7 Å². The van der Waals surface area contributed by atoms with Crippen molar-refractivity contribution >= 4 is 57.6 Å². The summed E-state index contributed by atoms with van der Waals surface area (Å²) in [7, 11) is 2.96. The van der Waals surface area contributed by atoms with Crippen LogP contribution in [0.15, 0.2) is 95.1 Å². The van der Waals surface area contributed by atoms with Crippen molar-refractivity contribution in [3.8, 4) is 34.1 Å². The molecule has 0 heterocycles. The van der Waals surface area contributed by atoms with Crippen LogP contribution in [0.25, 0.3) is 11.1 Å². The maximum Gasteiger partial charge on any atom is 0.279 e. The summed E-state index contributed by atoms with van der Waals surface area (Å²) in [5.41, 5.74) is 8.10. The summed E-state index contributed by atoms with van der Waals surface area (Å²) in [6.45, 7) is 7.22. The number of methoxy groups -OCH3 is 2. The summed E-state index contributed by atoms with van der Waals surface area (Å²) in [5.74, 6) is -0.793. The summed E-state index contributed by atoms with van der Waals surface area (Å²) in [6.07, 6.45) is 1.45. The number of ether oxygens (including phenoxy) is 4. The summed E-state index contributed by atoms with van der Waals surface area (Å²) in [4.78, 5) is 51.1. The fraction of sp³-hybridized carbons (Fsp3) is 0.250. The molecule has 14 nitrogen and oxygen atoms in total. The van der Waals surface area contributed by atoms with Crippen LogP contribution < -0.4 is 40.4 Å². The molecule has 0 spiro atoms. The van der Waals surface area contributed by atoms with Crippen molar-refractivity contribution in [3.05, 3.63) is 84.9 Å². The van der Waals surface area contributed by atoms with Crippen LogP contribution in [-0.4, -0.2) is 62.2 Å². The van der Waals surface area contributed by atoms with Crippen LogP contribution in [0.5, 0.6) is 23.0 Å². The number of amides is 2. The third kappa shape index (κ3) is 10.7. The van der Waals surface area contributed by atoms with E-state index in [1.807, 2.05) is 26.0 Å². The SMILES string of the molecule is CCCOc1cc(-c2ccc(N/N=C(\C(C)=O)C(=O)Nc3ccccc3OC)c(OCCC)c2)ccc1N/N=C(\C(C)=O)C(=O)Nc1ccccc1OC. The third-order valence-electron chi connectivity index (χ3n) is 7.60. The molecule has 4 aromatic rings. The van der Waals surface area contributed by atoms with Crippen molar-refractivity contribution in [2.75, 3.05) is 48.9 Å². The van der Waals surface area contributed by atoms with Gasteiger partial charge in [-0.05, 0) is 72.5 Å². The van der Waals surface area contributed by atoms with E-state index in [0.717, 1.165) is 24.0 Å². The van der Waals surface area contributed by atoms with Gasteiger partial charge in [-0.2, -0.15) is 10.2 Å². The molecule has 4 N–H and O–H groups in total. The average molecular weight is 737 g/mol. The van der Waals surface area contributed by atoms with Gasteiger partial charge in [0.15, 0.2) is 23.0 Å². The van der Waals surface area contributed by atoms with Gasteiger partial charge in [0, 0.05) is 13.8 Å². The van der Waals surface area contributed by atoms with Crippen molar-refractivity contribution in [1.82, 2.24) is 0 Å². The highest BCUT2D eigenvalue weighted by atomic mass is 16.5. The molecule has 0 fully saturated rings. The maximum absolute atomic E-state index is 13.1. The number of Topliss-reactive ketones (excluding diaryl/α,β-unsaturated/α-hetero) is 2. The van der Waals surface area contributed by atoms with Crippen LogP contribution in [0, 0.1) is 0 Å². The Hall–Kier alpha value is -6.70. The van der Waals surface area contributed by atoms with Gasteiger partial charge in [-0.25, -0.2) is 0 Å². The molecular weight excluding hydrogens is 692 g/mol. The lowest BCUT2D eigenvalue weighted by Gasteiger charge is -2.16. The second kappa shape index (κ2) is 19.8. The van der Waals surface area contributed by atoms with Crippen LogP contribution in [0.3, 0.4) is 0 Å². The number of anilines is 4. The first-order valence-corrected chi connectivity index (χ1v) is 17.2. The second-order valence-corrected chi connectivity index (χ2v) is 11.7. The smallest absolute Gasteiger partial charge is 0.279 e. The lowest BCUT2D eigenvalue weighted by Crippen LogP contribution is -2.29. The zero-order valence-electron chi connectivity index (χ0n) is 31.1. The Morgan fingerprint density at radius 2 is 0.926 bits per heavy atom. The molecule has 0 aliphatic heterocycles. The fourth-order valence-electron chi connectivity index (χ4n) is 4.92. The van der Waals surface area contributed by atoms with Crippen molar-refractivity contribution in [3.63, 3.8) is 0 Å². The Kier molecular flexibility index (Phi) is 14.7. The normalized spacial score (nSPS) is 11.2. The Labute approximate surface area is 313 Å². The number of para-hydroxylation sites is 4. The van der Waals surface area contributed by atoms with Crippen molar-refractivity contribution in [1.29, 1.82) is 0 Å². The molecule has 4 rings (SSSR count). The summed E-state index contributed by atoms with van der Waals surface area (Å²) in [6, 6.07) is 24.3. The first-order valence-electron chi connectivity index (χ1n) is 17.2. The molecule has 14 heteroatoms. The van der Waals surface area contributed by atoms with Crippen LogP contribution >= 0.6 is 0 Å². The van der Waals surface area contributed by atoms with E-state index >= 15 is 0 Å². The molecule has 0 unspecified atom stereocenters. The van der Waals surface area contributed by atoms with Gasteiger partial charge in [-0.1, -0.05) is 50.2 Å². The highest BCUT2D eigenvalue weighted by molar-refractivity contribution is 6.67. The van der Waals surface area contributed by atoms with Gasteiger partial charge in [0.25, 0.3) is 11.8 Å². The van der Waals surface area contributed by atoms with Crippen molar-refractivity contribution < 1.29 is 38.1 Å². The quantitative estimate of drug-likeness (QED) is 0.0448. The Morgan fingerprint density at radius 1 is 0.537 bits per heavy atom. The minimum atomic E-state index is -0.711. The topological polar surface area (TPSA) is 178 Å². The van der Waals surface area contributed by atoms with Crippen LogP contribution in [-0.2, 0) is 19.2 Å². The number of hydrogen-bond acceptors (Lipinski definition) is 12. The molecule has 2 amide bonds. The lowest BCUT2D eigenvalue weighted by atomic mass is 10.0. The van der Waals surface area contributed by atoms with Crippen molar-refractivity contribution in [2.24, 2.45) is 10.2 Å². The molecule has 0 radical (unpaired) electrons. The first-order chi connectivity index (χ1) is 26.1. The van der Waals surface area contributed by atoms with Gasteiger partial charge < -0.3 is 29.6 Å². The number of nitrogens with zero attached hydrogens (tertiary/aromatic N) is 2. The number of carbonyl (C=O) groups is 4. The van der Waals surface area contributed by atoms with E-state index in [9.17, 15) is 19.2 Å². The van der Waals surface area contributed by atoms with E-state index in [1.165, 1.54) is 28.1 Å². The number of carbonyl (C=O) groups excluding carboxylic acids is 4. The van der Waals surface area contributed by atoms with Crippen LogP contribution in [0.2, 0.25) is 0 Å². The largest absolute Gasteiger partial charge is 0.495 e. The number of hydrogen-bond donors (Lipinski definition) is 4. The van der Waals surface area contributed by atoms with E-state index in [-0.39, 0.29) is 11.4 Å². The molecule has 0 aliphatic rings. The van der Waals surface area contributed by atoms with Gasteiger partial charge in [-0.15, -0.1) is 0 Å². The molecule has 282 valence electrons. The number of ketones is 2. The minimum Gasteiger partial charge on any atom is -0.495 e. The summed E-state index contributed by atoms with van der Waals surface area (Å²) in [5, 5.41) is 13.6. The predicted octanol–water partition coefficient (Wildman–Crippen LogP) is 6.94. The Bertz CT molecular complexity index is 1900. The summed E-state index contributed by atoms with van der Waals surface area (Å²) < 4.78 is 22.7. The molecule has 4 aromatic carbocycles. The van der Waals surface area contributed by atoms with Gasteiger partial charge in [0.1, 0.15) is 23.0 Å². The molecule has 0 atom stereocenters. The molecule has 0 saturated carbocycles. The standard InChI is InChI=1S/C40H44N6O8/c1-7-21-53-35-23-27(17-19-31(35)43-45-37(25(3)47)39(49)41-29-13-9-11-15-33(29)51-5)28-18-20-32(36(24-28)54-22-8-2)44-46-38(26(4)48)40(50)42-30-14-10-12-16-34(30)52-6/h9-20,23-24,43-44H,7-8,21-22H2,1-6H3,(H,41,49)(H,42,50)/b45-37+,46-38+. The van der Waals surface area contributed by atoms with E-state index in [0.29, 0.717) is 59.0 Å². The van der Waals surface area contributed by atoms with Gasteiger partial charge >= 0.3 is 0 Å². The van der Waals surface area contributed by atoms with E-state index in [1.54, 1.807) is 72.8 Å². The first kappa shape index (κ1) is 40.1. The zero-order valence-corrected chi connectivity index (χ0v) is 31.1. The maximum atomic E-state index is 13.1. The van der Waals surface area contributed by atoms with Gasteiger partial charge in [0.2, 0.25) is 0 Å².